The van der Waals surface area contributed by atoms with E-state index in [4.69, 9.17) is 11.6 Å². The molecular weight excluding hydrogens is 250 g/mol. The maximum absolute atomic E-state index is 6.30. The Morgan fingerprint density at radius 2 is 2.35 bits per heavy atom. The largest absolute Gasteiger partial charge is 0.319 e. The first-order valence-electron chi connectivity index (χ1n) is 6.15. The van der Waals surface area contributed by atoms with Gasteiger partial charge in [-0.1, -0.05) is 23.7 Å². The molecule has 1 aromatic heterocycles. The van der Waals surface area contributed by atoms with E-state index in [9.17, 15) is 0 Å². The topological polar surface area (TPSA) is 12.0 Å². The lowest BCUT2D eigenvalue weighted by molar-refractivity contribution is 0.540. The highest BCUT2D eigenvalue weighted by Gasteiger charge is 2.24. The number of hydrogen-bond acceptors (Lipinski definition) is 2. The number of aryl methyl sites for hydroxylation is 1. The van der Waals surface area contributed by atoms with Gasteiger partial charge in [-0.15, -0.1) is 11.3 Å². The molecule has 3 heteroatoms. The summed E-state index contributed by atoms with van der Waals surface area (Å²) in [5.74, 6) is 0.678. The van der Waals surface area contributed by atoms with Gasteiger partial charge in [0, 0.05) is 17.3 Å². The van der Waals surface area contributed by atoms with E-state index in [0.29, 0.717) is 5.92 Å². The summed E-state index contributed by atoms with van der Waals surface area (Å²) in [5.41, 5.74) is 1.55. The van der Waals surface area contributed by atoms with Gasteiger partial charge >= 0.3 is 0 Å². The number of hydrogen-bond donors (Lipinski definition) is 1. The zero-order valence-corrected chi connectivity index (χ0v) is 11.5. The first-order chi connectivity index (χ1) is 8.31. The summed E-state index contributed by atoms with van der Waals surface area (Å²) >= 11 is 8.20. The fraction of sp³-hybridized carbons (Fsp3) is 0.429. The molecule has 17 heavy (non-hydrogen) atoms. The van der Waals surface area contributed by atoms with Gasteiger partial charge in [-0.05, 0) is 43.3 Å². The zero-order chi connectivity index (χ0) is 11.8. The van der Waals surface area contributed by atoms with E-state index in [1.165, 1.54) is 29.3 Å². The fourth-order valence-corrected chi connectivity index (χ4v) is 4.52. The molecule has 3 rings (SSSR count). The van der Waals surface area contributed by atoms with Crippen molar-refractivity contribution >= 4 is 33.0 Å². The summed E-state index contributed by atoms with van der Waals surface area (Å²) in [6, 6.07) is 6.29. The Morgan fingerprint density at radius 3 is 3.18 bits per heavy atom. The molecule has 0 amide bonds. The lowest BCUT2D eigenvalue weighted by Crippen LogP contribution is -2.19. The van der Waals surface area contributed by atoms with Crippen molar-refractivity contribution in [2.24, 2.45) is 0 Å². The van der Waals surface area contributed by atoms with E-state index in [1.807, 2.05) is 24.5 Å². The zero-order valence-electron chi connectivity index (χ0n) is 9.92. The van der Waals surface area contributed by atoms with Gasteiger partial charge in [-0.3, -0.25) is 0 Å². The predicted octanol–water partition coefficient (Wildman–Crippen LogP) is 4.19. The van der Waals surface area contributed by atoms with Crippen LogP contribution in [-0.2, 0) is 6.42 Å². The van der Waals surface area contributed by atoms with E-state index in [-0.39, 0.29) is 0 Å². The lowest BCUT2D eigenvalue weighted by Gasteiger charge is -2.22. The molecule has 0 aliphatic heterocycles. The van der Waals surface area contributed by atoms with Crippen LogP contribution >= 0.6 is 22.9 Å². The van der Waals surface area contributed by atoms with Crippen molar-refractivity contribution in [3.63, 3.8) is 0 Å². The Kier molecular flexibility index (Phi) is 3.12. The molecule has 1 heterocycles. The van der Waals surface area contributed by atoms with Gasteiger partial charge in [0.1, 0.15) is 0 Å². The van der Waals surface area contributed by atoms with Gasteiger partial charge in [0.2, 0.25) is 0 Å². The SMILES string of the molecule is CNCC1CCCc2c1sc1c(Cl)cccc21. The molecule has 0 saturated carbocycles. The minimum Gasteiger partial charge on any atom is -0.319 e. The van der Waals surface area contributed by atoms with Crippen LogP contribution in [0.2, 0.25) is 5.02 Å². The quantitative estimate of drug-likeness (QED) is 0.858. The van der Waals surface area contributed by atoms with Crippen LogP contribution in [-0.4, -0.2) is 13.6 Å². The van der Waals surface area contributed by atoms with Gasteiger partial charge in [0.15, 0.2) is 0 Å². The van der Waals surface area contributed by atoms with E-state index >= 15 is 0 Å². The smallest absolute Gasteiger partial charge is 0.0584 e. The highest BCUT2D eigenvalue weighted by atomic mass is 35.5. The molecule has 1 N–H and O–H groups in total. The van der Waals surface area contributed by atoms with E-state index in [0.717, 1.165) is 11.6 Å². The van der Waals surface area contributed by atoms with Gasteiger partial charge in [-0.25, -0.2) is 0 Å². The van der Waals surface area contributed by atoms with Crippen LogP contribution in [0.3, 0.4) is 0 Å². The third kappa shape index (κ3) is 1.88. The summed E-state index contributed by atoms with van der Waals surface area (Å²) in [4.78, 5) is 1.56. The second-order valence-electron chi connectivity index (χ2n) is 4.71. The van der Waals surface area contributed by atoms with Crippen LogP contribution < -0.4 is 5.32 Å². The summed E-state index contributed by atoms with van der Waals surface area (Å²) in [6.45, 7) is 1.08. The Bertz CT molecular complexity index is 546. The van der Waals surface area contributed by atoms with Crippen molar-refractivity contribution in [2.45, 2.75) is 25.2 Å². The molecule has 1 atom stereocenters. The summed E-state index contributed by atoms with van der Waals surface area (Å²) in [6.07, 6.45) is 3.83. The summed E-state index contributed by atoms with van der Waals surface area (Å²) < 4.78 is 1.28. The molecule has 0 saturated heterocycles. The summed E-state index contributed by atoms with van der Waals surface area (Å²) in [7, 11) is 2.04. The molecule has 0 fully saturated rings. The van der Waals surface area contributed by atoms with Crippen LogP contribution in [0.5, 0.6) is 0 Å². The maximum atomic E-state index is 6.30. The van der Waals surface area contributed by atoms with Crippen molar-refractivity contribution in [1.29, 1.82) is 0 Å². The summed E-state index contributed by atoms with van der Waals surface area (Å²) in [5, 5.41) is 5.61. The number of thiophene rings is 1. The number of halogens is 1. The maximum Gasteiger partial charge on any atom is 0.0584 e. The van der Waals surface area contributed by atoms with Crippen molar-refractivity contribution < 1.29 is 0 Å². The van der Waals surface area contributed by atoms with Crippen molar-refractivity contribution in [3.05, 3.63) is 33.7 Å². The Balaban J connectivity index is 2.18. The predicted molar refractivity (Wildman–Crippen MR) is 76.4 cm³/mol. The highest BCUT2D eigenvalue weighted by molar-refractivity contribution is 7.20. The number of nitrogens with one attached hydrogen (secondary N) is 1. The van der Waals surface area contributed by atoms with Crippen molar-refractivity contribution in [3.8, 4) is 0 Å². The number of fused-ring (bicyclic) bond motifs is 3. The Hall–Kier alpha value is -0.570. The number of benzene rings is 1. The second-order valence-corrected chi connectivity index (χ2v) is 6.17. The molecular formula is C14H16ClNS. The molecule has 0 radical (unpaired) electrons. The van der Waals surface area contributed by atoms with E-state index < -0.39 is 0 Å². The molecule has 0 bridgehead atoms. The standard InChI is InChI=1S/C14H16ClNS/c1-16-8-9-4-2-5-10-11-6-3-7-12(15)14(11)17-13(9)10/h3,6-7,9,16H,2,4-5,8H2,1H3. The molecule has 0 spiro atoms. The first-order valence-corrected chi connectivity index (χ1v) is 7.35. The van der Waals surface area contributed by atoms with E-state index in [2.05, 4.69) is 17.4 Å². The minimum absolute atomic E-state index is 0.678. The third-order valence-corrected chi connectivity index (χ3v) is 5.47. The van der Waals surface area contributed by atoms with E-state index in [1.54, 1.807) is 10.4 Å². The van der Waals surface area contributed by atoms with Crippen molar-refractivity contribution in [2.75, 3.05) is 13.6 Å². The molecule has 2 aromatic rings. The first kappa shape index (κ1) is 11.5. The van der Waals surface area contributed by atoms with Crippen LogP contribution in [0.25, 0.3) is 10.1 Å². The average Bonchev–Trinajstić information content (AvgIpc) is 2.71. The van der Waals surface area contributed by atoms with Crippen LogP contribution in [0.4, 0.5) is 0 Å². The van der Waals surface area contributed by atoms with Gasteiger partial charge in [0.25, 0.3) is 0 Å². The van der Waals surface area contributed by atoms with Gasteiger partial charge in [0.05, 0.1) is 9.72 Å². The Labute approximate surface area is 111 Å². The molecule has 90 valence electrons. The van der Waals surface area contributed by atoms with Gasteiger partial charge < -0.3 is 5.32 Å². The van der Waals surface area contributed by atoms with Gasteiger partial charge in [-0.2, -0.15) is 0 Å². The fourth-order valence-electron chi connectivity index (χ4n) is 2.84. The van der Waals surface area contributed by atoms with Crippen LogP contribution in [0.15, 0.2) is 18.2 Å². The van der Waals surface area contributed by atoms with Crippen LogP contribution in [0, 0.1) is 0 Å². The second kappa shape index (κ2) is 4.60. The third-order valence-electron chi connectivity index (χ3n) is 3.60. The normalized spacial score (nSPS) is 19.5. The lowest BCUT2D eigenvalue weighted by atomic mass is 9.88. The van der Waals surface area contributed by atoms with Crippen molar-refractivity contribution in [1.82, 2.24) is 5.32 Å². The average molecular weight is 266 g/mol. The molecule has 1 aromatic carbocycles. The monoisotopic (exact) mass is 265 g/mol. The molecule has 1 unspecified atom stereocenters. The van der Waals surface area contributed by atoms with Crippen LogP contribution in [0.1, 0.15) is 29.2 Å². The molecule has 1 aliphatic carbocycles. The number of likely N-dealkylation sites (N-methyl/N-ethyl adjacent to an activating group) is 1. The highest BCUT2D eigenvalue weighted by Crippen LogP contribution is 2.44. The molecule has 1 nitrogen and oxygen atoms in total. The minimum atomic E-state index is 0.678. The Morgan fingerprint density at radius 1 is 1.47 bits per heavy atom. The number of rotatable bonds is 2. The molecule has 1 aliphatic rings.